The Morgan fingerprint density at radius 1 is 0.757 bits per heavy atom. The number of carbonyl (C=O) groups excluding carboxylic acids is 1. The van der Waals surface area contributed by atoms with Gasteiger partial charge in [0.2, 0.25) is 5.91 Å². The van der Waals surface area contributed by atoms with Crippen molar-refractivity contribution in [3.8, 4) is 0 Å². The molecule has 0 spiro atoms. The number of ether oxygens (including phenoxy) is 4. The number of methoxy groups -OCH3 is 2. The summed E-state index contributed by atoms with van der Waals surface area (Å²) in [5, 5.41) is 11.7. The van der Waals surface area contributed by atoms with Crippen molar-refractivity contribution in [1.82, 2.24) is 5.32 Å². The van der Waals surface area contributed by atoms with E-state index >= 15 is 0 Å². The summed E-state index contributed by atoms with van der Waals surface area (Å²) in [6.45, 7) is 4.85. The van der Waals surface area contributed by atoms with E-state index in [-0.39, 0.29) is 17.7 Å². The minimum atomic E-state index is -0.625. The summed E-state index contributed by atoms with van der Waals surface area (Å²) in [4.78, 5) is 22.5. The fraction of sp³-hybridized carbons (Fsp3) is 0.786. The van der Waals surface area contributed by atoms with E-state index in [2.05, 4.69) is 29.6 Å². The lowest BCUT2D eigenvalue weighted by Crippen LogP contribution is -2.33. The maximum absolute atomic E-state index is 11.9. The molecule has 0 aromatic rings. The van der Waals surface area contributed by atoms with Crippen molar-refractivity contribution in [1.29, 1.82) is 0 Å². The van der Waals surface area contributed by atoms with Crippen LogP contribution in [0.25, 0.3) is 0 Å². The van der Waals surface area contributed by atoms with Gasteiger partial charge < -0.3 is 35.1 Å². The Labute approximate surface area is 224 Å². The summed E-state index contributed by atoms with van der Waals surface area (Å²) in [5.41, 5.74) is 5.14. The van der Waals surface area contributed by atoms with Crippen molar-refractivity contribution in [2.24, 2.45) is 17.6 Å². The summed E-state index contributed by atoms with van der Waals surface area (Å²) in [7, 11) is 3.29. The lowest BCUT2D eigenvalue weighted by molar-refractivity contribution is -0.142. The van der Waals surface area contributed by atoms with Gasteiger partial charge in [-0.2, -0.15) is 0 Å². The van der Waals surface area contributed by atoms with E-state index in [0.717, 1.165) is 64.2 Å². The number of hydrogen-bond donors (Lipinski definition) is 3. The molecule has 0 aliphatic heterocycles. The molecule has 0 radical (unpaired) electrons. The third kappa shape index (κ3) is 23.1. The minimum Gasteiger partial charge on any atom is -0.481 e. The van der Waals surface area contributed by atoms with Gasteiger partial charge in [-0.15, -0.1) is 0 Å². The second-order valence-electron chi connectivity index (χ2n) is 8.98. The van der Waals surface area contributed by atoms with Gasteiger partial charge in [0.1, 0.15) is 0 Å². The number of nitrogens with two attached hydrogens (primary N) is 1. The predicted molar refractivity (Wildman–Crippen MR) is 147 cm³/mol. The van der Waals surface area contributed by atoms with Crippen LogP contribution in [0.15, 0.2) is 24.3 Å². The predicted octanol–water partition coefficient (Wildman–Crippen LogP) is 3.72. The van der Waals surface area contributed by atoms with Gasteiger partial charge >= 0.3 is 5.97 Å². The summed E-state index contributed by atoms with van der Waals surface area (Å²) in [5.74, 6) is -0.366. The first-order valence-electron chi connectivity index (χ1n) is 13.7. The molecule has 2 atom stereocenters. The van der Waals surface area contributed by atoms with Crippen molar-refractivity contribution in [2.45, 2.75) is 64.2 Å². The van der Waals surface area contributed by atoms with Crippen molar-refractivity contribution in [3.63, 3.8) is 0 Å². The van der Waals surface area contributed by atoms with Crippen LogP contribution in [0.5, 0.6) is 0 Å². The molecule has 9 heteroatoms. The number of amides is 1. The van der Waals surface area contributed by atoms with E-state index in [9.17, 15) is 9.59 Å². The van der Waals surface area contributed by atoms with Crippen LogP contribution in [0.3, 0.4) is 0 Å². The molecule has 0 saturated heterocycles. The van der Waals surface area contributed by atoms with Gasteiger partial charge in [0, 0.05) is 33.2 Å². The molecule has 2 aliphatic carbocycles. The number of hydrogen-bond acceptors (Lipinski definition) is 7. The largest absolute Gasteiger partial charge is 0.481 e. The number of carboxylic acids is 1. The van der Waals surface area contributed by atoms with E-state index < -0.39 is 5.97 Å². The van der Waals surface area contributed by atoms with Crippen LogP contribution in [0, 0.1) is 11.8 Å². The van der Waals surface area contributed by atoms with Gasteiger partial charge in [0.15, 0.2) is 0 Å². The molecule has 0 aromatic carbocycles. The summed E-state index contributed by atoms with van der Waals surface area (Å²) in [6.07, 6.45) is 18.5. The molecule has 0 saturated carbocycles. The molecule has 0 bridgehead atoms. The molecule has 1 amide bonds. The number of allylic oxidation sites excluding steroid dienone is 4. The van der Waals surface area contributed by atoms with Gasteiger partial charge in [-0.25, -0.2) is 0 Å². The fourth-order valence-electron chi connectivity index (χ4n) is 3.79. The normalized spacial score (nSPS) is 21.3. The van der Waals surface area contributed by atoms with Crippen molar-refractivity contribution in [3.05, 3.63) is 24.3 Å². The van der Waals surface area contributed by atoms with Crippen LogP contribution in [-0.2, 0) is 28.5 Å². The molecule has 2 rings (SSSR count). The van der Waals surface area contributed by atoms with E-state index in [1.165, 1.54) is 0 Å². The highest BCUT2D eigenvalue weighted by Gasteiger charge is 2.17. The molecule has 216 valence electrons. The maximum atomic E-state index is 11.9. The Morgan fingerprint density at radius 2 is 1.27 bits per heavy atom. The molecule has 9 nitrogen and oxygen atoms in total. The molecule has 37 heavy (non-hydrogen) atoms. The van der Waals surface area contributed by atoms with Crippen LogP contribution in [-0.4, -0.2) is 83.9 Å². The number of rotatable bonds is 13. The van der Waals surface area contributed by atoms with Crippen molar-refractivity contribution >= 4 is 11.9 Å². The average Bonchev–Trinajstić information content (AvgIpc) is 2.84. The smallest absolute Gasteiger partial charge is 0.306 e. The molecule has 0 fully saturated rings. The quantitative estimate of drug-likeness (QED) is 0.244. The zero-order valence-corrected chi connectivity index (χ0v) is 23.2. The highest BCUT2D eigenvalue weighted by molar-refractivity contribution is 5.78. The maximum Gasteiger partial charge on any atom is 0.306 e. The molecular formula is C28H52N2O7. The lowest BCUT2D eigenvalue weighted by atomic mass is 9.93. The Balaban J connectivity index is 0.000000580. The second-order valence-corrected chi connectivity index (χ2v) is 8.98. The minimum absolute atomic E-state index is 0.0973. The SMILES string of the molecule is COCCOCCN.COCCOCCNC(=O)C1CC/C=C\CCC1.O=C(O)C1CC/C=C\CCC1. The zero-order chi connectivity index (χ0) is 27.4. The molecule has 0 heterocycles. The van der Waals surface area contributed by atoms with Crippen LogP contribution < -0.4 is 11.1 Å². The Hall–Kier alpha value is -1.78. The first kappa shape index (κ1) is 35.2. The van der Waals surface area contributed by atoms with Crippen molar-refractivity contribution in [2.75, 3.05) is 67.0 Å². The number of carbonyl (C=O) groups is 2. The van der Waals surface area contributed by atoms with E-state index in [4.69, 9.17) is 29.8 Å². The Kier molecular flexibility index (Phi) is 25.9. The number of nitrogens with one attached hydrogen (secondary N) is 1. The summed E-state index contributed by atoms with van der Waals surface area (Å²) < 4.78 is 19.9. The first-order valence-corrected chi connectivity index (χ1v) is 13.7. The summed E-state index contributed by atoms with van der Waals surface area (Å²) in [6, 6.07) is 0. The average molecular weight is 529 g/mol. The molecule has 0 aromatic heterocycles. The van der Waals surface area contributed by atoms with Crippen LogP contribution in [0.1, 0.15) is 64.2 Å². The molecular weight excluding hydrogens is 476 g/mol. The fourth-order valence-corrected chi connectivity index (χ4v) is 3.79. The van der Waals surface area contributed by atoms with Gasteiger partial charge in [-0.3, -0.25) is 9.59 Å². The van der Waals surface area contributed by atoms with Gasteiger partial charge in [0.05, 0.1) is 45.6 Å². The Morgan fingerprint density at radius 3 is 1.81 bits per heavy atom. The highest BCUT2D eigenvalue weighted by atomic mass is 16.5. The monoisotopic (exact) mass is 528 g/mol. The highest BCUT2D eigenvalue weighted by Crippen LogP contribution is 2.19. The van der Waals surface area contributed by atoms with Crippen molar-refractivity contribution < 1.29 is 33.6 Å². The van der Waals surface area contributed by atoms with Gasteiger partial charge in [0.25, 0.3) is 0 Å². The topological polar surface area (TPSA) is 129 Å². The van der Waals surface area contributed by atoms with E-state index in [1.54, 1.807) is 14.2 Å². The Bertz CT molecular complexity index is 593. The third-order valence-corrected chi connectivity index (χ3v) is 5.94. The van der Waals surface area contributed by atoms with E-state index in [1.807, 2.05) is 0 Å². The van der Waals surface area contributed by atoms with Gasteiger partial charge in [-0.05, 0) is 64.2 Å². The van der Waals surface area contributed by atoms with Crippen LogP contribution >= 0.6 is 0 Å². The van der Waals surface area contributed by atoms with Crippen LogP contribution in [0.2, 0.25) is 0 Å². The zero-order valence-electron chi connectivity index (χ0n) is 23.2. The summed E-state index contributed by atoms with van der Waals surface area (Å²) >= 11 is 0. The molecule has 4 N–H and O–H groups in total. The number of carboxylic acid groups (broad SMARTS) is 1. The molecule has 2 unspecified atom stereocenters. The first-order chi connectivity index (χ1) is 18.1. The molecule has 2 aliphatic rings. The number of aliphatic carboxylic acids is 1. The standard InChI is InChI=1S/C14H25NO3.C9H14O2.C5H13NO2/c1-17-11-12-18-10-9-15-14(16)13-7-5-3-2-4-6-8-13;10-9(11)8-6-4-2-1-3-5-7-8;1-7-4-5-8-3-2-6/h2-3,13H,4-12H2,1H3,(H,15,16);1-2,8H,3-7H2,(H,10,11);2-6H2,1H3/b3-2-;2-1-;. The third-order valence-electron chi connectivity index (χ3n) is 5.94. The second kappa shape index (κ2) is 27.3. The lowest BCUT2D eigenvalue weighted by Gasteiger charge is -2.17. The van der Waals surface area contributed by atoms with Crippen LogP contribution in [0.4, 0.5) is 0 Å². The van der Waals surface area contributed by atoms with Gasteiger partial charge in [-0.1, -0.05) is 24.3 Å². The van der Waals surface area contributed by atoms with E-state index in [0.29, 0.717) is 52.7 Å².